The van der Waals surface area contributed by atoms with Crippen LogP contribution < -0.4 is 26.6 Å². The second kappa shape index (κ2) is 17.5. The molecule has 1 aliphatic carbocycles. The molecule has 1 rings (SSSR count). The standard InChI is InChI=1S/C11H19N3O6S.C11H14O2/c1-21-5-7(10(18)13-4-9(16)17)14-8(15)3-2-6(12)11(19)20;1-2-3-4-5-9-8-10(12)6-7-11(9)13/h6-7H,2-5,12H2,1H3,(H,13,18)(H,14,15)(H,16,17)(H,19,20);6-8H,2-5H2,1H3/p-1. The lowest BCUT2D eigenvalue weighted by molar-refractivity contribution is -0.438. The van der Waals surface area contributed by atoms with Crippen molar-refractivity contribution in [3.8, 4) is 0 Å². The first-order valence-electron chi connectivity index (χ1n) is 10.8. The monoisotopic (exact) mass is 498 g/mol. The van der Waals surface area contributed by atoms with Crippen molar-refractivity contribution in [2.24, 2.45) is 0 Å². The Morgan fingerprint density at radius 1 is 1.12 bits per heavy atom. The molecule has 2 amide bonds. The molecule has 0 heterocycles. The molecule has 0 radical (unpaired) electrons. The molecule has 11 nitrogen and oxygen atoms in total. The zero-order valence-corrected chi connectivity index (χ0v) is 20.2. The summed E-state index contributed by atoms with van der Waals surface area (Å²) < 4.78 is 0. The molecule has 5 N–H and O–H groups in total. The van der Waals surface area contributed by atoms with Gasteiger partial charge in [-0.3, -0.25) is 19.2 Å². The number of hydrogen-bond donors (Lipinski definition) is 3. The van der Waals surface area contributed by atoms with Crippen LogP contribution in [-0.2, 0) is 28.8 Å². The van der Waals surface area contributed by atoms with E-state index in [4.69, 9.17) is 0 Å². The zero-order valence-electron chi connectivity index (χ0n) is 19.4. The van der Waals surface area contributed by atoms with E-state index in [-0.39, 0.29) is 30.2 Å². The molecule has 0 aromatic rings. The van der Waals surface area contributed by atoms with E-state index in [1.54, 1.807) is 6.26 Å². The van der Waals surface area contributed by atoms with Crippen LogP contribution in [0, 0.1) is 0 Å². The van der Waals surface area contributed by atoms with Gasteiger partial charge in [0.25, 0.3) is 0 Å². The predicted molar refractivity (Wildman–Crippen MR) is 121 cm³/mol. The lowest BCUT2D eigenvalue weighted by Gasteiger charge is -2.18. The summed E-state index contributed by atoms with van der Waals surface area (Å²) in [6.07, 6.45) is 9.70. The number of ketones is 2. The van der Waals surface area contributed by atoms with Crippen LogP contribution in [0.3, 0.4) is 0 Å². The largest absolute Gasteiger partial charge is 0.548 e. The molecule has 0 bridgehead atoms. The van der Waals surface area contributed by atoms with E-state index in [0.717, 1.165) is 25.7 Å². The Kier molecular flexibility index (Phi) is 15.9. The minimum absolute atomic E-state index is 0.00398. The fourth-order valence-corrected chi connectivity index (χ4v) is 3.21. The summed E-state index contributed by atoms with van der Waals surface area (Å²) in [4.78, 5) is 66.2. The van der Waals surface area contributed by atoms with Crippen LogP contribution in [0.15, 0.2) is 23.8 Å². The van der Waals surface area contributed by atoms with Gasteiger partial charge in [0.05, 0.1) is 18.5 Å². The van der Waals surface area contributed by atoms with E-state index in [0.29, 0.717) is 5.57 Å². The minimum Gasteiger partial charge on any atom is -0.548 e. The number of aliphatic carboxylic acids is 2. The van der Waals surface area contributed by atoms with Crippen molar-refractivity contribution in [3.05, 3.63) is 23.8 Å². The van der Waals surface area contributed by atoms with E-state index in [2.05, 4.69) is 23.3 Å². The van der Waals surface area contributed by atoms with E-state index < -0.39 is 42.4 Å². The van der Waals surface area contributed by atoms with Crippen molar-refractivity contribution in [2.75, 3.05) is 18.6 Å². The Balaban J connectivity index is 0.000000712. The topological polar surface area (TPSA) is 200 Å². The van der Waals surface area contributed by atoms with Crippen LogP contribution in [0.1, 0.15) is 45.4 Å². The van der Waals surface area contributed by atoms with Crippen molar-refractivity contribution in [3.63, 3.8) is 0 Å². The summed E-state index contributed by atoms with van der Waals surface area (Å²) in [6, 6.07) is -1.92. The minimum atomic E-state index is -1.44. The summed E-state index contributed by atoms with van der Waals surface area (Å²) in [5.41, 5.74) is 3.98. The van der Waals surface area contributed by atoms with Gasteiger partial charge in [0.2, 0.25) is 11.8 Å². The van der Waals surface area contributed by atoms with Gasteiger partial charge in [-0.1, -0.05) is 19.8 Å². The molecule has 190 valence electrons. The van der Waals surface area contributed by atoms with Crippen LogP contribution in [0.4, 0.5) is 0 Å². The molecule has 12 heteroatoms. The second-order valence-electron chi connectivity index (χ2n) is 7.45. The van der Waals surface area contributed by atoms with Crippen molar-refractivity contribution in [1.82, 2.24) is 10.6 Å². The number of hydrogen-bond acceptors (Lipinski definition) is 9. The van der Waals surface area contributed by atoms with Gasteiger partial charge in [-0.25, -0.2) is 0 Å². The zero-order chi connectivity index (χ0) is 26.1. The van der Waals surface area contributed by atoms with Crippen molar-refractivity contribution in [1.29, 1.82) is 0 Å². The van der Waals surface area contributed by atoms with E-state index in [1.165, 1.54) is 30.0 Å². The molecule has 0 aromatic carbocycles. The normalized spacial score (nSPS) is 14.3. The fourth-order valence-electron chi connectivity index (χ4n) is 2.64. The van der Waals surface area contributed by atoms with E-state index in [1.807, 2.05) is 0 Å². The summed E-state index contributed by atoms with van der Waals surface area (Å²) in [5.74, 6) is -3.78. The highest BCUT2D eigenvalue weighted by Crippen LogP contribution is 2.13. The molecule has 1 aliphatic rings. The predicted octanol–water partition coefficient (Wildman–Crippen LogP) is -2.96. The quantitative estimate of drug-likeness (QED) is 0.165. The smallest absolute Gasteiger partial charge is 0.243 e. The third-order valence-corrected chi connectivity index (χ3v) is 5.19. The number of carbonyl (C=O) groups is 6. The molecule has 0 spiro atoms. The number of quaternary nitrogens is 1. The molecule has 0 fully saturated rings. The lowest BCUT2D eigenvalue weighted by atomic mass is 9.98. The Morgan fingerprint density at radius 2 is 1.79 bits per heavy atom. The summed E-state index contributed by atoms with van der Waals surface area (Å²) in [5, 5.41) is 25.2. The van der Waals surface area contributed by atoms with Gasteiger partial charge in [0, 0.05) is 24.2 Å². The van der Waals surface area contributed by atoms with E-state index >= 15 is 0 Å². The van der Waals surface area contributed by atoms with Gasteiger partial charge >= 0.3 is 0 Å². The van der Waals surface area contributed by atoms with Crippen molar-refractivity contribution in [2.45, 2.75) is 57.5 Å². The third kappa shape index (κ3) is 14.2. The number of carboxylic acids is 2. The highest BCUT2D eigenvalue weighted by molar-refractivity contribution is 7.98. The summed E-state index contributed by atoms with van der Waals surface area (Å²) in [6.45, 7) is 1.47. The lowest BCUT2D eigenvalue weighted by Crippen LogP contribution is -2.68. The number of rotatable bonds is 14. The Labute approximate surface area is 202 Å². The van der Waals surface area contributed by atoms with Crippen LogP contribution in [-0.4, -0.2) is 66.0 Å². The molecular weight excluding hydrogens is 466 g/mol. The van der Waals surface area contributed by atoms with Crippen molar-refractivity contribution < 1.29 is 44.7 Å². The number of amides is 2. The maximum atomic E-state index is 11.7. The van der Waals surface area contributed by atoms with Gasteiger partial charge in [0.1, 0.15) is 12.1 Å². The third-order valence-electron chi connectivity index (χ3n) is 4.53. The highest BCUT2D eigenvalue weighted by Gasteiger charge is 2.20. The van der Waals surface area contributed by atoms with Gasteiger partial charge in [0.15, 0.2) is 11.6 Å². The molecular formula is C22H32N3O8S-. The molecule has 0 saturated carbocycles. The first kappa shape index (κ1) is 31.0. The van der Waals surface area contributed by atoms with Gasteiger partial charge < -0.3 is 36.2 Å². The van der Waals surface area contributed by atoms with Gasteiger partial charge in [-0.05, 0) is 37.3 Å². The maximum absolute atomic E-state index is 11.7. The average molecular weight is 499 g/mol. The number of thioether (sulfide) groups is 1. The van der Waals surface area contributed by atoms with Crippen LogP contribution in [0.25, 0.3) is 0 Å². The van der Waals surface area contributed by atoms with Crippen LogP contribution in [0.5, 0.6) is 0 Å². The first-order valence-corrected chi connectivity index (χ1v) is 12.2. The molecule has 34 heavy (non-hydrogen) atoms. The molecule has 0 aliphatic heterocycles. The number of nitrogens with one attached hydrogen (secondary N) is 2. The average Bonchev–Trinajstić information content (AvgIpc) is 2.78. The molecule has 2 atom stereocenters. The Morgan fingerprint density at radius 3 is 2.35 bits per heavy atom. The second-order valence-corrected chi connectivity index (χ2v) is 8.36. The summed E-state index contributed by atoms with van der Waals surface area (Å²) >= 11 is 1.29. The number of carbonyl (C=O) groups excluding carboxylic acids is 6. The Bertz CT molecular complexity index is 810. The fraction of sp³-hybridized carbons (Fsp3) is 0.545. The Hall–Kier alpha value is -2.99. The molecule has 2 unspecified atom stereocenters. The van der Waals surface area contributed by atoms with Crippen LogP contribution in [0.2, 0.25) is 0 Å². The highest BCUT2D eigenvalue weighted by atomic mass is 32.2. The SMILES string of the molecule is CCCCCC1=CC(=O)C=CC1=O.CSCC(NC(=O)CCC([NH3+])C(=O)[O-])C(=O)NCC(=O)[O-]. The maximum Gasteiger partial charge on any atom is 0.243 e. The number of unbranched alkanes of at least 4 members (excludes halogenated alkanes) is 2. The summed E-state index contributed by atoms with van der Waals surface area (Å²) in [7, 11) is 0. The van der Waals surface area contributed by atoms with Gasteiger partial charge in [-0.2, -0.15) is 11.8 Å². The van der Waals surface area contributed by atoms with Crippen molar-refractivity contribution >= 4 is 47.1 Å². The first-order chi connectivity index (χ1) is 16.0. The number of carboxylic acid groups (broad SMARTS) is 2. The molecule has 0 aromatic heterocycles. The number of allylic oxidation sites excluding steroid dienone is 4. The molecule has 0 saturated heterocycles. The van der Waals surface area contributed by atoms with Crippen LogP contribution >= 0.6 is 11.8 Å². The van der Waals surface area contributed by atoms with Gasteiger partial charge in [-0.15, -0.1) is 0 Å². The van der Waals surface area contributed by atoms with E-state index in [9.17, 15) is 39.0 Å².